The van der Waals surface area contributed by atoms with Crippen molar-refractivity contribution in [1.29, 1.82) is 0 Å². The molecule has 2 fully saturated rings. The smallest absolute Gasteiger partial charge is 0.243 e. The van der Waals surface area contributed by atoms with E-state index in [1.54, 1.807) is 16.4 Å². The first kappa shape index (κ1) is 16.9. The van der Waals surface area contributed by atoms with Gasteiger partial charge in [-0.25, -0.2) is 8.42 Å². The summed E-state index contributed by atoms with van der Waals surface area (Å²) in [6.45, 7) is 7.81. The molecule has 0 aromatic heterocycles. The Kier molecular flexibility index (Phi) is 5.06. The molecule has 0 N–H and O–H groups in total. The molecule has 6 heteroatoms. The molecule has 23 heavy (non-hydrogen) atoms. The van der Waals surface area contributed by atoms with E-state index in [9.17, 15) is 8.42 Å². The molecule has 5 nitrogen and oxygen atoms in total. The lowest BCUT2D eigenvalue weighted by molar-refractivity contribution is -0.00747. The average Bonchev–Trinajstić information content (AvgIpc) is 2.51. The van der Waals surface area contributed by atoms with Gasteiger partial charge in [0.2, 0.25) is 10.0 Å². The van der Waals surface area contributed by atoms with Gasteiger partial charge in [0.05, 0.1) is 4.90 Å². The first-order valence-corrected chi connectivity index (χ1v) is 9.87. The summed E-state index contributed by atoms with van der Waals surface area (Å²) < 4.78 is 32.6. The maximum absolute atomic E-state index is 12.8. The minimum Gasteiger partial charge on any atom is -0.381 e. The zero-order valence-electron chi connectivity index (χ0n) is 13.9. The van der Waals surface area contributed by atoms with E-state index in [1.165, 1.54) is 0 Å². The molecule has 0 radical (unpaired) electrons. The summed E-state index contributed by atoms with van der Waals surface area (Å²) in [7, 11) is -3.36. The van der Waals surface area contributed by atoms with Gasteiger partial charge in [-0.2, -0.15) is 4.31 Å². The van der Waals surface area contributed by atoms with Gasteiger partial charge in [-0.15, -0.1) is 0 Å². The molecule has 0 aliphatic carbocycles. The number of hydrogen-bond donors (Lipinski definition) is 0. The van der Waals surface area contributed by atoms with Crippen molar-refractivity contribution in [2.45, 2.75) is 43.7 Å². The van der Waals surface area contributed by atoms with Crippen molar-refractivity contribution in [3.8, 4) is 0 Å². The number of nitrogens with zero attached hydrogens (tertiary/aromatic N) is 2. The third-order valence-electron chi connectivity index (χ3n) is 5.03. The van der Waals surface area contributed by atoms with Gasteiger partial charge >= 0.3 is 0 Å². The predicted molar refractivity (Wildman–Crippen MR) is 89.9 cm³/mol. The summed E-state index contributed by atoms with van der Waals surface area (Å²) in [4.78, 5) is 2.90. The molecule has 1 aromatic rings. The normalized spacial score (nSPS) is 21.5. The monoisotopic (exact) mass is 338 g/mol. The Labute approximate surface area is 139 Å². The lowest BCUT2D eigenvalue weighted by atomic mass is 10.0. The molecule has 0 bridgehead atoms. The van der Waals surface area contributed by atoms with Crippen LogP contribution in [0.1, 0.15) is 25.3 Å². The Hall–Kier alpha value is -0.950. The molecule has 0 unspecified atom stereocenters. The molecule has 0 spiro atoms. The van der Waals surface area contributed by atoms with Crippen molar-refractivity contribution in [2.24, 2.45) is 0 Å². The Morgan fingerprint density at radius 2 is 1.83 bits per heavy atom. The number of hydrogen-bond acceptors (Lipinski definition) is 4. The van der Waals surface area contributed by atoms with Crippen LogP contribution in [0.15, 0.2) is 29.2 Å². The Bertz CT molecular complexity index is 635. The topological polar surface area (TPSA) is 49.9 Å². The van der Waals surface area contributed by atoms with Gasteiger partial charge in [0.25, 0.3) is 0 Å². The fourth-order valence-corrected chi connectivity index (χ4v) is 5.38. The highest BCUT2D eigenvalue weighted by atomic mass is 32.2. The molecule has 2 aliphatic rings. The van der Waals surface area contributed by atoms with Gasteiger partial charge < -0.3 is 4.74 Å². The summed E-state index contributed by atoms with van der Waals surface area (Å²) in [5.74, 6) is 0. The van der Waals surface area contributed by atoms with Crippen LogP contribution >= 0.6 is 0 Å². The quantitative estimate of drug-likeness (QED) is 0.822. The fraction of sp³-hybridized carbons (Fsp3) is 0.647. The predicted octanol–water partition coefficient (Wildman–Crippen LogP) is 1.87. The lowest BCUT2D eigenvalue weighted by Gasteiger charge is -2.48. The number of benzene rings is 1. The lowest BCUT2D eigenvalue weighted by Crippen LogP contribution is -2.63. The number of sulfonamides is 1. The SMILES string of the molecule is CCN(C1CCOCC1)C1CN(S(=O)(=O)c2ccccc2C)C1. The molecule has 1 aromatic carbocycles. The molecule has 0 atom stereocenters. The van der Waals surface area contributed by atoms with Crippen LogP contribution in [-0.4, -0.2) is 62.6 Å². The van der Waals surface area contributed by atoms with E-state index >= 15 is 0 Å². The molecule has 2 heterocycles. The van der Waals surface area contributed by atoms with Gasteiger partial charge in [-0.05, 0) is 37.9 Å². The number of ether oxygens (including phenoxy) is 1. The Morgan fingerprint density at radius 3 is 2.43 bits per heavy atom. The largest absolute Gasteiger partial charge is 0.381 e. The average molecular weight is 338 g/mol. The Morgan fingerprint density at radius 1 is 1.17 bits per heavy atom. The number of aryl methyl sites for hydroxylation is 1. The summed E-state index contributed by atoms with van der Waals surface area (Å²) >= 11 is 0. The van der Waals surface area contributed by atoms with Crippen molar-refractivity contribution >= 4 is 10.0 Å². The van der Waals surface area contributed by atoms with Crippen LogP contribution in [0.25, 0.3) is 0 Å². The van der Waals surface area contributed by atoms with E-state index in [1.807, 2.05) is 19.1 Å². The molecule has 128 valence electrons. The van der Waals surface area contributed by atoms with Crippen molar-refractivity contribution in [3.63, 3.8) is 0 Å². The van der Waals surface area contributed by atoms with Gasteiger partial charge in [0.15, 0.2) is 0 Å². The maximum atomic E-state index is 12.8. The molecule has 2 saturated heterocycles. The highest BCUT2D eigenvalue weighted by Gasteiger charge is 2.41. The van der Waals surface area contributed by atoms with Crippen LogP contribution in [-0.2, 0) is 14.8 Å². The summed E-state index contributed by atoms with van der Waals surface area (Å²) in [5.41, 5.74) is 0.813. The van der Waals surface area contributed by atoms with Crippen LogP contribution < -0.4 is 0 Å². The minimum atomic E-state index is -3.36. The number of likely N-dealkylation sites (N-methyl/N-ethyl adjacent to an activating group) is 1. The molecule has 2 aliphatic heterocycles. The molecule has 0 amide bonds. The second-order valence-corrected chi connectivity index (χ2v) is 8.32. The standard InChI is InChI=1S/C17H26N2O3S/c1-3-19(15-8-10-22-11-9-15)16-12-18(13-16)23(20,21)17-7-5-4-6-14(17)2/h4-7,15-16H,3,8-13H2,1-2H3. The van der Waals surface area contributed by atoms with Crippen molar-refractivity contribution in [2.75, 3.05) is 32.8 Å². The van der Waals surface area contributed by atoms with Crippen molar-refractivity contribution in [3.05, 3.63) is 29.8 Å². The molecular formula is C17H26N2O3S. The van der Waals surface area contributed by atoms with Crippen molar-refractivity contribution < 1.29 is 13.2 Å². The van der Waals surface area contributed by atoms with Gasteiger partial charge in [-0.1, -0.05) is 25.1 Å². The first-order chi connectivity index (χ1) is 11.0. The third kappa shape index (κ3) is 3.31. The zero-order chi connectivity index (χ0) is 16.4. The zero-order valence-corrected chi connectivity index (χ0v) is 14.8. The number of rotatable bonds is 5. The fourth-order valence-electron chi connectivity index (χ4n) is 3.64. The summed E-state index contributed by atoms with van der Waals surface area (Å²) in [6.07, 6.45) is 2.10. The summed E-state index contributed by atoms with van der Waals surface area (Å²) in [5, 5.41) is 0. The van der Waals surface area contributed by atoms with Crippen molar-refractivity contribution in [1.82, 2.24) is 9.21 Å². The van der Waals surface area contributed by atoms with Crippen LogP contribution in [0.3, 0.4) is 0 Å². The second-order valence-electron chi connectivity index (χ2n) is 6.42. The van der Waals surface area contributed by atoms with Crippen LogP contribution in [0.4, 0.5) is 0 Å². The molecule has 0 saturated carbocycles. The van der Waals surface area contributed by atoms with Gasteiger partial charge in [0.1, 0.15) is 0 Å². The van der Waals surface area contributed by atoms with Crippen LogP contribution in [0.5, 0.6) is 0 Å². The van der Waals surface area contributed by atoms with E-state index < -0.39 is 10.0 Å². The highest BCUT2D eigenvalue weighted by Crippen LogP contribution is 2.28. The molecule has 3 rings (SSSR count). The Balaban J connectivity index is 1.66. The first-order valence-electron chi connectivity index (χ1n) is 8.43. The third-order valence-corrected chi connectivity index (χ3v) is 7.03. The van der Waals surface area contributed by atoms with Crippen LogP contribution in [0.2, 0.25) is 0 Å². The van der Waals surface area contributed by atoms with E-state index in [-0.39, 0.29) is 0 Å². The van der Waals surface area contributed by atoms with Gasteiger partial charge in [-0.3, -0.25) is 4.90 Å². The van der Waals surface area contributed by atoms with Crippen LogP contribution in [0, 0.1) is 6.92 Å². The minimum absolute atomic E-state index is 0.335. The molecular weight excluding hydrogens is 312 g/mol. The second kappa shape index (κ2) is 6.89. The van der Waals surface area contributed by atoms with E-state index in [4.69, 9.17) is 4.74 Å². The van der Waals surface area contributed by atoms with Gasteiger partial charge in [0, 0.05) is 38.4 Å². The van der Waals surface area contributed by atoms with E-state index in [2.05, 4.69) is 11.8 Å². The van der Waals surface area contributed by atoms with E-state index in [0.717, 1.165) is 38.2 Å². The van der Waals surface area contributed by atoms with E-state index in [0.29, 0.717) is 30.1 Å². The summed E-state index contributed by atoms with van der Waals surface area (Å²) in [6, 6.07) is 8.08. The highest BCUT2D eigenvalue weighted by molar-refractivity contribution is 7.89. The maximum Gasteiger partial charge on any atom is 0.243 e.